The van der Waals surface area contributed by atoms with Gasteiger partial charge in [-0.15, -0.1) is 0 Å². The van der Waals surface area contributed by atoms with Gasteiger partial charge in [-0.2, -0.15) is 0 Å². The highest BCUT2D eigenvalue weighted by atomic mass is 16.3. The first kappa shape index (κ1) is 18.0. The molecule has 0 saturated carbocycles. The maximum Gasteiger partial charge on any atom is 0.256 e. The molecule has 23 heavy (non-hydrogen) atoms. The fraction of sp³-hybridized carbons (Fsp3) is 0.632. The van der Waals surface area contributed by atoms with Crippen molar-refractivity contribution in [1.29, 1.82) is 0 Å². The van der Waals surface area contributed by atoms with E-state index in [1.165, 1.54) is 5.56 Å². The Hall–Kier alpha value is -1.39. The molecule has 1 atom stereocenters. The second-order valence-corrected chi connectivity index (χ2v) is 7.29. The van der Waals surface area contributed by atoms with E-state index in [1.807, 2.05) is 13.8 Å². The molecule has 1 saturated heterocycles. The summed E-state index contributed by atoms with van der Waals surface area (Å²) in [7, 11) is 0. The average molecular weight is 318 g/mol. The van der Waals surface area contributed by atoms with Crippen LogP contribution in [0.25, 0.3) is 0 Å². The third-order valence-corrected chi connectivity index (χ3v) is 4.53. The quantitative estimate of drug-likeness (QED) is 0.848. The van der Waals surface area contributed by atoms with Crippen LogP contribution in [0.15, 0.2) is 24.3 Å². The van der Waals surface area contributed by atoms with Crippen LogP contribution in [0.1, 0.15) is 57.6 Å². The van der Waals surface area contributed by atoms with Gasteiger partial charge in [-0.3, -0.25) is 4.79 Å². The molecule has 0 radical (unpaired) electrons. The van der Waals surface area contributed by atoms with Gasteiger partial charge >= 0.3 is 0 Å². The summed E-state index contributed by atoms with van der Waals surface area (Å²) in [6, 6.07) is 8.68. The first-order valence-corrected chi connectivity index (χ1v) is 8.66. The maximum atomic E-state index is 12.7. The molecule has 128 valence electrons. The number of piperidine rings is 1. The van der Waals surface area contributed by atoms with Gasteiger partial charge in [0.05, 0.1) is 0 Å². The van der Waals surface area contributed by atoms with Crippen molar-refractivity contribution in [3.63, 3.8) is 0 Å². The van der Waals surface area contributed by atoms with E-state index in [0.29, 0.717) is 25.4 Å². The Bertz CT molecular complexity index is 525. The zero-order chi connectivity index (χ0) is 17.0. The van der Waals surface area contributed by atoms with Crippen LogP contribution in [0.2, 0.25) is 0 Å². The van der Waals surface area contributed by atoms with Crippen molar-refractivity contribution in [3.05, 3.63) is 35.4 Å². The number of carbonyl (C=O) groups excluding carboxylic acids is 1. The van der Waals surface area contributed by atoms with Crippen LogP contribution in [0.4, 0.5) is 0 Å². The number of likely N-dealkylation sites (tertiary alicyclic amines) is 1. The molecular weight excluding hydrogens is 288 g/mol. The van der Waals surface area contributed by atoms with Crippen LogP contribution in [0.5, 0.6) is 0 Å². The molecule has 1 aliphatic heterocycles. The van der Waals surface area contributed by atoms with Gasteiger partial charge in [0, 0.05) is 25.7 Å². The Morgan fingerprint density at radius 2 is 1.87 bits per heavy atom. The predicted molar refractivity (Wildman–Crippen MR) is 93.3 cm³/mol. The van der Waals surface area contributed by atoms with Gasteiger partial charge < -0.3 is 15.3 Å². The fourth-order valence-corrected chi connectivity index (χ4v) is 2.98. The molecule has 1 aromatic carbocycles. The fourth-order valence-electron chi connectivity index (χ4n) is 2.98. The van der Waals surface area contributed by atoms with Crippen molar-refractivity contribution < 1.29 is 9.90 Å². The van der Waals surface area contributed by atoms with E-state index in [0.717, 1.165) is 18.5 Å². The molecule has 1 aromatic rings. The van der Waals surface area contributed by atoms with E-state index in [-0.39, 0.29) is 11.9 Å². The molecule has 1 heterocycles. The molecule has 4 heteroatoms. The predicted octanol–water partition coefficient (Wildman–Crippen LogP) is 2.66. The van der Waals surface area contributed by atoms with Crippen LogP contribution < -0.4 is 5.32 Å². The van der Waals surface area contributed by atoms with Crippen LogP contribution in [0.3, 0.4) is 0 Å². The summed E-state index contributed by atoms with van der Waals surface area (Å²) in [6.45, 7) is 9.99. The molecular formula is C19H30N2O2. The van der Waals surface area contributed by atoms with Crippen LogP contribution in [0, 0.1) is 0 Å². The van der Waals surface area contributed by atoms with Crippen LogP contribution in [-0.4, -0.2) is 40.6 Å². The van der Waals surface area contributed by atoms with Crippen molar-refractivity contribution in [2.45, 2.75) is 64.6 Å². The molecule has 0 aliphatic carbocycles. The van der Waals surface area contributed by atoms with E-state index in [2.05, 4.69) is 43.4 Å². The SMILES string of the molecule is CC(C)NC[C@@]1(O)CCCN(Cc2ccc(C(C)C)cc2)C1=O. The molecule has 0 bridgehead atoms. The number of rotatable bonds is 6. The van der Waals surface area contributed by atoms with Gasteiger partial charge in [-0.1, -0.05) is 52.0 Å². The summed E-state index contributed by atoms with van der Waals surface area (Å²) in [5.41, 5.74) is 1.15. The normalized spacial score (nSPS) is 22.2. The molecule has 2 N–H and O–H groups in total. The van der Waals surface area contributed by atoms with Gasteiger partial charge in [-0.05, 0) is 29.9 Å². The summed E-state index contributed by atoms with van der Waals surface area (Å²) >= 11 is 0. The lowest BCUT2D eigenvalue weighted by atomic mass is 9.91. The first-order chi connectivity index (χ1) is 10.8. The highest BCUT2D eigenvalue weighted by molar-refractivity contribution is 5.86. The van der Waals surface area contributed by atoms with E-state index in [4.69, 9.17) is 0 Å². The minimum Gasteiger partial charge on any atom is -0.379 e. The number of nitrogens with zero attached hydrogens (tertiary/aromatic N) is 1. The number of aliphatic hydroxyl groups is 1. The molecule has 0 spiro atoms. The second-order valence-electron chi connectivity index (χ2n) is 7.29. The summed E-state index contributed by atoms with van der Waals surface area (Å²) < 4.78 is 0. The van der Waals surface area contributed by atoms with Gasteiger partial charge in [0.25, 0.3) is 5.91 Å². The summed E-state index contributed by atoms with van der Waals surface area (Å²) in [5, 5.41) is 13.9. The van der Waals surface area contributed by atoms with Gasteiger partial charge in [0.1, 0.15) is 0 Å². The summed E-state index contributed by atoms with van der Waals surface area (Å²) in [4.78, 5) is 14.5. The summed E-state index contributed by atoms with van der Waals surface area (Å²) in [6.07, 6.45) is 1.38. The third-order valence-electron chi connectivity index (χ3n) is 4.53. The number of amides is 1. The monoisotopic (exact) mass is 318 g/mol. The average Bonchev–Trinajstić information content (AvgIpc) is 2.51. The van der Waals surface area contributed by atoms with Crippen LogP contribution in [-0.2, 0) is 11.3 Å². The lowest BCUT2D eigenvalue weighted by molar-refractivity contribution is -0.157. The number of benzene rings is 1. The van der Waals surface area contributed by atoms with E-state index >= 15 is 0 Å². The number of nitrogens with one attached hydrogen (secondary N) is 1. The Labute approximate surface area is 139 Å². The lowest BCUT2D eigenvalue weighted by Crippen LogP contribution is -2.58. The molecule has 1 amide bonds. The van der Waals surface area contributed by atoms with E-state index < -0.39 is 5.60 Å². The van der Waals surface area contributed by atoms with Gasteiger partial charge in [0.15, 0.2) is 5.60 Å². The number of hydrogen-bond acceptors (Lipinski definition) is 3. The van der Waals surface area contributed by atoms with E-state index in [9.17, 15) is 9.90 Å². The Morgan fingerprint density at radius 3 is 2.43 bits per heavy atom. The van der Waals surface area contributed by atoms with Crippen LogP contribution >= 0.6 is 0 Å². The number of hydrogen-bond donors (Lipinski definition) is 2. The highest BCUT2D eigenvalue weighted by Gasteiger charge is 2.41. The summed E-state index contributed by atoms with van der Waals surface area (Å²) in [5.74, 6) is 0.359. The van der Waals surface area contributed by atoms with Crippen molar-refractivity contribution in [2.75, 3.05) is 13.1 Å². The smallest absolute Gasteiger partial charge is 0.256 e. The zero-order valence-corrected chi connectivity index (χ0v) is 14.8. The maximum absolute atomic E-state index is 12.7. The Morgan fingerprint density at radius 1 is 1.22 bits per heavy atom. The standard InChI is InChI=1S/C19H30N2O2/c1-14(2)17-8-6-16(7-9-17)12-21-11-5-10-19(23,18(21)22)13-20-15(3)4/h6-9,14-15,20,23H,5,10-13H2,1-4H3/t19-/m0/s1. The molecule has 1 fully saturated rings. The Balaban J connectivity index is 2.03. The van der Waals surface area contributed by atoms with Crippen molar-refractivity contribution in [1.82, 2.24) is 10.2 Å². The first-order valence-electron chi connectivity index (χ1n) is 8.66. The van der Waals surface area contributed by atoms with Crippen molar-refractivity contribution in [2.24, 2.45) is 0 Å². The topological polar surface area (TPSA) is 52.6 Å². The molecule has 1 aliphatic rings. The molecule has 4 nitrogen and oxygen atoms in total. The molecule has 0 unspecified atom stereocenters. The van der Waals surface area contributed by atoms with Crippen molar-refractivity contribution in [3.8, 4) is 0 Å². The Kier molecular flexibility index (Phi) is 5.82. The van der Waals surface area contributed by atoms with Crippen molar-refractivity contribution >= 4 is 5.91 Å². The largest absolute Gasteiger partial charge is 0.379 e. The lowest BCUT2D eigenvalue weighted by Gasteiger charge is -2.38. The second kappa shape index (κ2) is 7.45. The van der Waals surface area contributed by atoms with Gasteiger partial charge in [-0.25, -0.2) is 0 Å². The number of carbonyl (C=O) groups is 1. The molecule has 0 aromatic heterocycles. The zero-order valence-electron chi connectivity index (χ0n) is 14.8. The van der Waals surface area contributed by atoms with Gasteiger partial charge in [0.2, 0.25) is 0 Å². The minimum absolute atomic E-state index is 0.148. The third kappa shape index (κ3) is 4.55. The minimum atomic E-state index is -1.26. The van der Waals surface area contributed by atoms with E-state index in [1.54, 1.807) is 4.90 Å². The molecule has 2 rings (SSSR count). The highest BCUT2D eigenvalue weighted by Crippen LogP contribution is 2.24.